The first-order chi connectivity index (χ1) is 10.0. The molecule has 1 aromatic rings. The Morgan fingerprint density at radius 2 is 2.14 bits per heavy atom. The number of likely N-dealkylation sites (N-methyl/N-ethyl adjacent to an activating group) is 1. The van der Waals surface area contributed by atoms with Crippen LogP contribution in [0.15, 0.2) is 29.4 Å². The first kappa shape index (κ1) is 16.8. The van der Waals surface area contributed by atoms with Gasteiger partial charge in [-0.05, 0) is 19.1 Å². The van der Waals surface area contributed by atoms with Crippen LogP contribution in [0.25, 0.3) is 0 Å². The Morgan fingerprint density at radius 1 is 1.48 bits per heavy atom. The fourth-order valence-electron chi connectivity index (χ4n) is 1.70. The Balaban J connectivity index is 2.69. The molecule has 0 aliphatic heterocycles. The Hall–Kier alpha value is -2.28. The van der Waals surface area contributed by atoms with Gasteiger partial charge in [0.25, 0.3) is 5.91 Å². The van der Waals surface area contributed by atoms with Gasteiger partial charge in [0.1, 0.15) is 5.75 Å². The Labute approximate surface area is 123 Å². The monoisotopic (exact) mass is 295 g/mol. The number of para-hydroxylation sites is 1. The van der Waals surface area contributed by atoms with E-state index in [0.29, 0.717) is 17.9 Å². The van der Waals surface area contributed by atoms with E-state index in [1.54, 1.807) is 43.3 Å². The molecule has 0 aromatic heterocycles. The van der Waals surface area contributed by atoms with Crippen molar-refractivity contribution in [3.05, 3.63) is 29.8 Å². The number of amides is 1. The van der Waals surface area contributed by atoms with Crippen molar-refractivity contribution in [2.45, 2.75) is 13.0 Å². The van der Waals surface area contributed by atoms with Gasteiger partial charge in [0.05, 0.1) is 18.2 Å². The van der Waals surface area contributed by atoms with Crippen molar-refractivity contribution in [1.82, 2.24) is 4.90 Å². The molecule has 0 aliphatic carbocycles. The lowest BCUT2D eigenvalue weighted by atomic mass is 10.2. The van der Waals surface area contributed by atoms with Crippen LogP contribution in [0.2, 0.25) is 0 Å². The third-order valence-corrected chi connectivity index (χ3v) is 3.08. The summed E-state index contributed by atoms with van der Waals surface area (Å²) in [4.78, 5) is 13.6. The minimum absolute atomic E-state index is 0.0505. The second-order valence-electron chi connectivity index (χ2n) is 4.58. The molecule has 0 saturated heterocycles. The molecular formula is C14H21N3O4. The summed E-state index contributed by atoms with van der Waals surface area (Å²) in [5.41, 5.74) is 5.99. The average Bonchev–Trinajstić information content (AvgIpc) is 2.51. The highest BCUT2D eigenvalue weighted by atomic mass is 16.5. The number of ether oxygens (including phenoxy) is 2. The molecule has 0 aliphatic rings. The third-order valence-electron chi connectivity index (χ3n) is 3.08. The largest absolute Gasteiger partial charge is 0.483 e. The van der Waals surface area contributed by atoms with Crippen LogP contribution in [0.4, 0.5) is 0 Å². The predicted molar refractivity (Wildman–Crippen MR) is 78.6 cm³/mol. The molecule has 0 radical (unpaired) electrons. The van der Waals surface area contributed by atoms with Gasteiger partial charge < -0.3 is 25.3 Å². The number of carbonyl (C=O) groups excluding carboxylic acids is 1. The van der Waals surface area contributed by atoms with E-state index < -0.39 is 0 Å². The molecular weight excluding hydrogens is 274 g/mol. The summed E-state index contributed by atoms with van der Waals surface area (Å²) < 4.78 is 10.5. The molecule has 0 saturated carbocycles. The molecule has 21 heavy (non-hydrogen) atoms. The van der Waals surface area contributed by atoms with Gasteiger partial charge in [0, 0.05) is 14.2 Å². The SMILES string of the molecule is COCC(C)N(C)C(=O)COc1ccccc1C(N)=NO. The van der Waals surface area contributed by atoms with Crippen LogP contribution in [0.3, 0.4) is 0 Å². The molecule has 1 amide bonds. The highest BCUT2D eigenvalue weighted by Gasteiger charge is 2.17. The first-order valence-electron chi connectivity index (χ1n) is 6.45. The summed E-state index contributed by atoms with van der Waals surface area (Å²) in [7, 11) is 3.27. The van der Waals surface area contributed by atoms with E-state index in [2.05, 4.69) is 5.16 Å². The van der Waals surface area contributed by atoms with Crippen molar-refractivity contribution in [2.75, 3.05) is 27.4 Å². The molecule has 1 aromatic carbocycles. The fraction of sp³-hybridized carbons (Fsp3) is 0.429. The van der Waals surface area contributed by atoms with Gasteiger partial charge in [-0.15, -0.1) is 0 Å². The molecule has 0 heterocycles. The fourth-order valence-corrected chi connectivity index (χ4v) is 1.70. The first-order valence-corrected chi connectivity index (χ1v) is 6.45. The van der Waals surface area contributed by atoms with Gasteiger partial charge in [-0.25, -0.2) is 0 Å². The van der Waals surface area contributed by atoms with E-state index in [4.69, 9.17) is 20.4 Å². The second-order valence-corrected chi connectivity index (χ2v) is 4.58. The van der Waals surface area contributed by atoms with Crippen LogP contribution < -0.4 is 10.5 Å². The summed E-state index contributed by atoms with van der Waals surface area (Å²) in [5.74, 6) is 0.127. The molecule has 3 N–H and O–H groups in total. The lowest BCUT2D eigenvalue weighted by Gasteiger charge is -2.24. The van der Waals surface area contributed by atoms with Gasteiger partial charge in [-0.1, -0.05) is 17.3 Å². The number of oxime groups is 1. The molecule has 7 nitrogen and oxygen atoms in total. The number of methoxy groups -OCH3 is 1. The van der Waals surface area contributed by atoms with E-state index in [1.165, 1.54) is 0 Å². The van der Waals surface area contributed by atoms with Crippen molar-refractivity contribution >= 4 is 11.7 Å². The van der Waals surface area contributed by atoms with Gasteiger partial charge in [0.15, 0.2) is 12.4 Å². The van der Waals surface area contributed by atoms with Crippen molar-refractivity contribution in [2.24, 2.45) is 10.9 Å². The molecule has 0 spiro atoms. The summed E-state index contributed by atoms with van der Waals surface area (Å²) in [6.07, 6.45) is 0. The Morgan fingerprint density at radius 3 is 2.76 bits per heavy atom. The third kappa shape index (κ3) is 4.64. The zero-order chi connectivity index (χ0) is 15.8. The van der Waals surface area contributed by atoms with E-state index in [9.17, 15) is 4.79 Å². The van der Waals surface area contributed by atoms with E-state index in [1.807, 2.05) is 6.92 Å². The van der Waals surface area contributed by atoms with Crippen molar-refractivity contribution < 1.29 is 19.5 Å². The quantitative estimate of drug-likeness (QED) is 0.333. The highest BCUT2D eigenvalue weighted by molar-refractivity contribution is 5.99. The molecule has 116 valence electrons. The van der Waals surface area contributed by atoms with Crippen molar-refractivity contribution in [3.63, 3.8) is 0 Å². The van der Waals surface area contributed by atoms with Crippen LogP contribution >= 0.6 is 0 Å². The summed E-state index contributed by atoms with van der Waals surface area (Å²) >= 11 is 0. The topological polar surface area (TPSA) is 97.4 Å². The van der Waals surface area contributed by atoms with Crippen LogP contribution in [0, 0.1) is 0 Å². The lowest BCUT2D eigenvalue weighted by Crippen LogP contribution is -2.40. The molecule has 0 fully saturated rings. The summed E-state index contributed by atoms with van der Waals surface area (Å²) in [5, 5.41) is 11.7. The molecule has 1 rings (SSSR count). The number of hydrogen-bond acceptors (Lipinski definition) is 5. The minimum Gasteiger partial charge on any atom is -0.483 e. The van der Waals surface area contributed by atoms with Gasteiger partial charge in [-0.2, -0.15) is 0 Å². The number of nitrogens with two attached hydrogens (primary N) is 1. The zero-order valence-electron chi connectivity index (χ0n) is 12.4. The maximum absolute atomic E-state index is 12.0. The van der Waals surface area contributed by atoms with Crippen molar-refractivity contribution in [3.8, 4) is 5.75 Å². The zero-order valence-corrected chi connectivity index (χ0v) is 12.4. The van der Waals surface area contributed by atoms with Crippen LogP contribution in [0.1, 0.15) is 12.5 Å². The van der Waals surface area contributed by atoms with Crippen molar-refractivity contribution in [1.29, 1.82) is 0 Å². The van der Waals surface area contributed by atoms with Crippen LogP contribution in [0.5, 0.6) is 5.75 Å². The molecule has 1 atom stereocenters. The molecule has 1 unspecified atom stereocenters. The van der Waals surface area contributed by atoms with Crippen LogP contribution in [-0.4, -0.2) is 55.3 Å². The van der Waals surface area contributed by atoms with Gasteiger partial charge >= 0.3 is 0 Å². The average molecular weight is 295 g/mol. The van der Waals surface area contributed by atoms with Gasteiger partial charge in [-0.3, -0.25) is 4.79 Å². The predicted octanol–water partition coefficient (Wildman–Crippen LogP) is 0.653. The number of nitrogens with zero attached hydrogens (tertiary/aromatic N) is 2. The number of benzene rings is 1. The summed E-state index contributed by atoms with van der Waals surface area (Å²) in [6, 6.07) is 6.72. The Bertz CT molecular complexity index is 505. The van der Waals surface area contributed by atoms with E-state index >= 15 is 0 Å². The molecule has 0 bridgehead atoms. The standard InChI is InChI=1S/C14H21N3O4/c1-10(8-20-3)17(2)13(18)9-21-12-7-5-4-6-11(12)14(15)16-19/h4-7,10,19H,8-9H2,1-3H3,(H2,15,16). The van der Waals surface area contributed by atoms with E-state index in [0.717, 1.165) is 0 Å². The second kappa shape index (κ2) is 8.11. The Kier molecular flexibility index (Phi) is 6.48. The number of hydrogen-bond donors (Lipinski definition) is 2. The maximum Gasteiger partial charge on any atom is 0.260 e. The maximum atomic E-state index is 12.0. The highest BCUT2D eigenvalue weighted by Crippen LogP contribution is 2.17. The minimum atomic E-state index is -0.186. The summed E-state index contributed by atoms with van der Waals surface area (Å²) in [6.45, 7) is 2.19. The lowest BCUT2D eigenvalue weighted by molar-refractivity contribution is -0.134. The number of carbonyl (C=O) groups is 1. The van der Waals surface area contributed by atoms with Crippen LogP contribution in [-0.2, 0) is 9.53 Å². The smallest absolute Gasteiger partial charge is 0.260 e. The number of amidine groups is 1. The van der Waals surface area contributed by atoms with E-state index in [-0.39, 0.29) is 24.4 Å². The van der Waals surface area contributed by atoms with Gasteiger partial charge in [0.2, 0.25) is 0 Å². The number of rotatable bonds is 7. The molecule has 7 heteroatoms. The normalized spacial score (nSPS) is 12.8.